The Labute approximate surface area is 173 Å². The van der Waals surface area contributed by atoms with Gasteiger partial charge in [-0.15, -0.1) is 0 Å². The van der Waals surface area contributed by atoms with Crippen molar-refractivity contribution >= 4 is 35.1 Å². The lowest BCUT2D eigenvalue weighted by atomic mass is 10.1. The maximum absolute atomic E-state index is 12.6. The van der Waals surface area contributed by atoms with Gasteiger partial charge in [-0.05, 0) is 37.6 Å². The van der Waals surface area contributed by atoms with E-state index < -0.39 is 33.0 Å². The third-order valence-electron chi connectivity index (χ3n) is 3.96. The normalized spacial score (nSPS) is 12.6. The van der Waals surface area contributed by atoms with Crippen molar-refractivity contribution in [2.75, 3.05) is 5.32 Å². The number of amides is 1. The molecule has 29 heavy (non-hydrogen) atoms. The summed E-state index contributed by atoms with van der Waals surface area (Å²) in [6, 6.07) is 5.33. The topological polar surface area (TPSA) is 104 Å². The molecule has 0 aliphatic rings. The Morgan fingerprint density at radius 2 is 1.90 bits per heavy atom. The third-order valence-corrected chi connectivity index (χ3v) is 5.47. The Morgan fingerprint density at radius 1 is 1.28 bits per heavy atom. The second-order valence-electron chi connectivity index (χ2n) is 6.15. The van der Waals surface area contributed by atoms with Gasteiger partial charge in [0, 0.05) is 18.9 Å². The number of nitriles is 1. The van der Waals surface area contributed by atoms with Crippen LogP contribution in [0.2, 0.25) is 0 Å². The van der Waals surface area contributed by atoms with Crippen LogP contribution in [-0.4, -0.2) is 31.1 Å². The summed E-state index contributed by atoms with van der Waals surface area (Å²) in [5, 5.41) is 11.6. The van der Waals surface area contributed by atoms with Crippen LogP contribution in [0.25, 0.3) is 0 Å². The number of hydrogen-bond acceptors (Lipinski definition) is 4. The summed E-state index contributed by atoms with van der Waals surface area (Å²) >= 11 is 0. The molecule has 1 aromatic carbocycles. The molecule has 1 heterocycles. The van der Waals surface area contributed by atoms with Crippen molar-refractivity contribution in [1.29, 1.82) is 5.26 Å². The van der Waals surface area contributed by atoms with Gasteiger partial charge in [0.25, 0.3) is 5.91 Å². The molecule has 7 nitrogen and oxygen atoms in total. The van der Waals surface area contributed by atoms with Gasteiger partial charge < -0.3 is 9.88 Å². The van der Waals surface area contributed by atoms with Gasteiger partial charge in [-0.25, -0.2) is 8.42 Å². The largest absolute Gasteiger partial charge is 0.404 e. The van der Waals surface area contributed by atoms with Gasteiger partial charge >= 0.3 is 6.18 Å². The molecular formula is C17H19F3N4O3S2. The molecule has 2 N–H and O–H groups in total. The highest BCUT2D eigenvalue weighted by Gasteiger charge is 2.39. The van der Waals surface area contributed by atoms with Crippen LogP contribution in [0.15, 0.2) is 35.4 Å². The molecule has 0 radical (unpaired) electrons. The second-order valence-corrected chi connectivity index (χ2v) is 7.87. The van der Waals surface area contributed by atoms with Gasteiger partial charge in [0.05, 0.1) is 11.6 Å². The monoisotopic (exact) mass is 448 g/mol. The lowest BCUT2D eigenvalue weighted by Gasteiger charge is -2.16. The van der Waals surface area contributed by atoms with Crippen molar-refractivity contribution in [2.45, 2.75) is 31.0 Å². The second kappa shape index (κ2) is 8.89. The Morgan fingerprint density at radius 3 is 2.45 bits per heavy atom. The van der Waals surface area contributed by atoms with Gasteiger partial charge in [0.1, 0.15) is 16.6 Å². The van der Waals surface area contributed by atoms with Crippen LogP contribution < -0.4 is 10.0 Å². The molecule has 1 aromatic heterocycles. The smallest absolute Gasteiger partial charge is 0.345 e. The Balaban J connectivity index is 0.00000420. The number of aromatic nitrogens is 1. The standard InChI is InChI=1S/C17H17F3N4O3S.H2S/c1-10-4-5-13(6-12(10)8-21)22-16(25)15-7-14(9-24(15)3)28(26,27)23-11(2)17(18,19)20;/h4-7,9,11,23H,1-3H3,(H,22,25);1H2/t11-;/m0./s1. The van der Waals surface area contributed by atoms with Crippen LogP contribution in [0.1, 0.15) is 28.5 Å². The zero-order valence-corrected chi connectivity index (χ0v) is 17.4. The predicted octanol–water partition coefficient (Wildman–Crippen LogP) is 2.80. The van der Waals surface area contributed by atoms with E-state index in [0.29, 0.717) is 18.2 Å². The Hall–Kier alpha value is -2.49. The third kappa shape index (κ3) is 5.75. The zero-order valence-electron chi connectivity index (χ0n) is 15.6. The number of carbonyl (C=O) groups excluding carboxylic acids is 1. The van der Waals surface area contributed by atoms with Gasteiger partial charge in [0.2, 0.25) is 10.0 Å². The highest BCUT2D eigenvalue weighted by molar-refractivity contribution is 7.89. The van der Waals surface area contributed by atoms with E-state index in [9.17, 15) is 26.4 Å². The van der Waals surface area contributed by atoms with Crippen LogP contribution in [0, 0.1) is 18.3 Å². The van der Waals surface area contributed by atoms with Crippen LogP contribution >= 0.6 is 13.5 Å². The summed E-state index contributed by atoms with van der Waals surface area (Å²) in [7, 11) is -3.10. The number of rotatable bonds is 5. The zero-order chi connectivity index (χ0) is 21.3. The molecule has 0 bridgehead atoms. The molecule has 158 valence electrons. The van der Waals surface area contributed by atoms with Crippen LogP contribution in [-0.2, 0) is 17.1 Å². The van der Waals surface area contributed by atoms with Crippen LogP contribution in [0.4, 0.5) is 18.9 Å². The Kier molecular flexibility index (Phi) is 7.53. The predicted molar refractivity (Wildman–Crippen MR) is 105 cm³/mol. The maximum Gasteiger partial charge on any atom is 0.404 e. The van der Waals surface area contributed by atoms with E-state index in [1.165, 1.54) is 22.4 Å². The first-order chi connectivity index (χ1) is 12.8. The lowest BCUT2D eigenvalue weighted by Crippen LogP contribution is -2.42. The van der Waals surface area contributed by atoms with Crippen molar-refractivity contribution < 1.29 is 26.4 Å². The molecule has 12 heteroatoms. The number of anilines is 1. The van der Waals surface area contributed by atoms with Crippen molar-refractivity contribution in [3.63, 3.8) is 0 Å². The quantitative estimate of drug-likeness (QED) is 0.734. The van der Waals surface area contributed by atoms with Crippen molar-refractivity contribution in [1.82, 2.24) is 9.29 Å². The number of benzene rings is 1. The van der Waals surface area contributed by atoms with E-state index in [0.717, 1.165) is 17.8 Å². The van der Waals surface area contributed by atoms with E-state index in [4.69, 9.17) is 5.26 Å². The van der Waals surface area contributed by atoms with E-state index in [-0.39, 0.29) is 19.2 Å². The summed E-state index contributed by atoms with van der Waals surface area (Å²) < 4.78 is 64.9. The minimum Gasteiger partial charge on any atom is -0.345 e. The van der Waals surface area contributed by atoms with Crippen LogP contribution in [0.5, 0.6) is 0 Å². The summed E-state index contributed by atoms with van der Waals surface area (Å²) in [5.41, 5.74) is 1.32. The highest BCUT2D eigenvalue weighted by Crippen LogP contribution is 2.23. The molecule has 0 unspecified atom stereocenters. The number of alkyl halides is 3. The molecule has 2 rings (SSSR count). The Bertz CT molecular complexity index is 1060. The molecule has 0 saturated carbocycles. The number of sulfonamides is 1. The average molecular weight is 448 g/mol. The SMILES string of the molecule is Cc1ccc(NC(=O)c2cc(S(=O)(=O)N[C@@H](C)C(F)(F)F)cn2C)cc1C#N.S. The molecule has 1 atom stereocenters. The average Bonchev–Trinajstić information content (AvgIpc) is 2.98. The summed E-state index contributed by atoms with van der Waals surface area (Å²) in [6.45, 7) is 2.41. The first kappa shape index (κ1) is 24.5. The minimum atomic E-state index is -4.74. The van der Waals surface area contributed by atoms with E-state index >= 15 is 0 Å². The molecular weight excluding hydrogens is 429 g/mol. The maximum atomic E-state index is 12.6. The van der Waals surface area contributed by atoms with Gasteiger partial charge in [0.15, 0.2) is 0 Å². The number of nitrogens with zero attached hydrogens (tertiary/aromatic N) is 2. The molecule has 0 spiro atoms. The number of hydrogen-bond donors (Lipinski definition) is 2. The van der Waals surface area contributed by atoms with E-state index in [2.05, 4.69) is 5.32 Å². The van der Waals surface area contributed by atoms with Crippen molar-refractivity contribution in [2.24, 2.45) is 7.05 Å². The molecule has 0 aliphatic heterocycles. The van der Waals surface area contributed by atoms with Gasteiger partial charge in [-0.3, -0.25) is 4.79 Å². The number of nitrogens with one attached hydrogen (secondary N) is 2. The fourth-order valence-corrected chi connectivity index (χ4v) is 3.59. The van der Waals surface area contributed by atoms with Crippen molar-refractivity contribution in [3.8, 4) is 6.07 Å². The van der Waals surface area contributed by atoms with E-state index in [1.807, 2.05) is 6.07 Å². The first-order valence-corrected chi connectivity index (χ1v) is 9.41. The highest BCUT2D eigenvalue weighted by atomic mass is 32.2. The number of carbonyl (C=O) groups is 1. The van der Waals surface area contributed by atoms with Crippen LogP contribution in [0.3, 0.4) is 0 Å². The van der Waals surface area contributed by atoms with E-state index in [1.54, 1.807) is 19.1 Å². The van der Waals surface area contributed by atoms with Crippen molar-refractivity contribution in [3.05, 3.63) is 47.3 Å². The first-order valence-electron chi connectivity index (χ1n) is 7.92. The number of aryl methyl sites for hydroxylation is 2. The van der Waals surface area contributed by atoms with Gasteiger partial charge in [-0.1, -0.05) is 6.07 Å². The number of halogens is 3. The summed E-state index contributed by atoms with van der Waals surface area (Å²) in [5.74, 6) is -0.680. The molecule has 0 fully saturated rings. The molecule has 0 saturated heterocycles. The fraction of sp³-hybridized carbons (Fsp3) is 0.294. The lowest BCUT2D eigenvalue weighted by molar-refractivity contribution is -0.147. The fourth-order valence-electron chi connectivity index (χ4n) is 2.29. The summed E-state index contributed by atoms with van der Waals surface area (Å²) in [6.07, 6.45) is -3.71. The minimum absolute atomic E-state index is 0. The molecule has 0 aliphatic carbocycles. The molecule has 1 amide bonds. The summed E-state index contributed by atoms with van der Waals surface area (Å²) in [4.78, 5) is 12.0. The molecule has 2 aromatic rings. The van der Waals surface area contributed by atoms with Gasteiger partial charge in [-0.2, -0.15) is 36.7 Å².